The van der Waals surface area contributed by atoms with Gasteiger partial charge in [0.25, 0.3) is 5.91 Å². The van der Waals surface area contributed by atoms with E-state index in [0.29, 0.717) is 0 Å². The van der Waals surface area contributed by atoms with Crippen molar-refractivity contribution in [3.8, 4) is 0 Å². The lowest BCUT2D eigenvalue weighted by Crippen LogP contribution is -2.55. The summed E-state index contributed by atoms with van der Waals surface area (Å²) in [6.45, 7) is 0.128. The van der Waals surface area contributed by atoms with Crippen LogP contribution in [0.3, 0.4) is 0 Å². The van der Waals surface area contributed by atoms with E-state index >= 15 is 0 Å². The van der Waals surface area contributed by atoms with Crippen LogP contribution < -0.4 is 5.32 Å². The van der Waals surface area contributed by atoms with Crippen LogP contribution in [0.1, 0.15) is 6.92 Å². The van der Waals surface area contributed by atoms with Gasteiger partial charge >= 0.3 is 20.1 Å². The standard InChI is InChI=1S/C18H26FN2O14P/c1-11-20-12(22)5-6-21(11)14-17(2,26)13(23)18(7-19,35-14)8-32-36(27,33-9-30-15(24)28-3)34-10-31-16(25)29-4/h5-6,13-14,23,26H,1,7-10H2,2-4H3,(H,20,22)/t13-,14+,17+,18+/m0/s1. The Bertz CT molecular complexity index is 903. The second kappa shape index (κ2) is 12.0. The molecule has 1 fully saturated rings. The normalized spacial score (nSPS) is 28.0. The number of methoxy groups -OCH3 is 2. The molecule has 0 aromatic heterocycles. The SMILES string of the molecule is C=C1NC(=O)C=CN1[C@@H]1O[C@](CF)(COP(=O)(OCOC(=O)OC)OCOC(=O)OC)[C@@H](O)[C@@]1(C)O. The molecule has 0 aromatic rings. The highest BCUT2D eigenvalue weighted by Gasteiger charge is 2.63. The molecule has 2 aliphatic heterocycles. The van der Waals surface area contributed by atoms with Crippen LogP contribution in [0.2, 0.25) is 0 Å². The Labute approximate surface area is 204 Å². The van der Waals surface area contributed by atoms with Crippen molar-refractivity contribution in [2.24, 2.45) is 0 Å². The number of hydrogen-bond acceptors (Lipinski definition) is 15. The van der Waals surface area contributed by atoms with Crippen molar-refractivity contribution < 1.29 is 70.8 Å². The van der Waals surface area contributed by atoms with Crippen molar-refractivity contribution >= 4 is 26.0 Å². The van der Waals surface area contributed by atoms with E-state index in [9.17, 15) is 33.6 Å². The summed E-state index contributed by atoms with van der Waals surface area (Å²) in [5.74, 6) is -0.569. The van der Waals surface area contributed by atoms with E-state index < -0.39 is 76.4 Å². The average molecular weight is 544 g/mol. The van der Waals surface area contributed by atoms with Gasteiger partial charge in [0.2, 0.25) is 13.6 Å². The molecule has 0 bridgehead atoms. The van der Waals surface area contributed by atoms with Gasteiger partial charge in [-0.15, -0.1) is 0 Å². The number of carbonyl (C=O) groups excluding carboxylic acids is 3. The van der Waals surface area contributed by atoms with Gasteiger partial charge in [0, 0.05) is 12.3 Å². The molecule has 0 aliphatic carbocycles. The molecule has 3 N–H and O–H groups in total. The van der Waals surface area contributed by atoms with Gasteiger partial charge in [0.1, 0.15) is 24.2 Å². The molecular formula is C18H26FN2O14P. The molecule has 16 nitrogen and oxygen atoms in total. The Morgan fingerprint density at radius 2 is 1.78 bits per heavy atom. The zero-order valence-corrected chi connectivity index (χ0v) is 20.3. The van der Waals surface area contributed by atoms with Gasteiger partial charge < -0.3 is 44.1 Å². The van der Waals surface area contributed by atoms with Crippen LogP contribution in [-0.2, 0) is 46.6 Å². The lowest BCUT2D eigenvalue weighted by molar-refractivity contribution is -0.149. The summed E-state index contributed by atoms with van der Waals surface area (Å²) in [7, 11) is -2.83. The molecule has 0 aromatic carbocycles. The maximum Gasteiger partial charge on any atom is 0.510 e. The first-order valence-corrected chi connectivity index (χ1v) is 11.4. The molecule has 1 amide bonds. The van der Waals surface area contributed by atoms with Gasteiger partial charge in [-0.2, -0.15) is 0 Å². The number of phosphoric acid groups is 1. The number of amides is 1. The minimum atomic E-state index is -4.81. The summed E-state index contributed by atoms with van der Waals surface area (Å²) >= 11 is 0. The number of halogens is 1. The van der Waals surface area contributed by atoms with Crippen LogP contribution in [0.25, 0.3) is 0 Å². The molecule has 0 spiro atoms. The molecule has 1 saturated heterocycles. The number of carbonyl (C=O) groups is 3. The third-order valence-electron chi connectivity index (χ3n) is 4.92. The monoisotopic (exact) mass is 544 g/mol. The summed E-state index contributed by atoms with van der Waals surface area (Å²) in [5, 5.41) is 24.0. The zero-order valence-electron chi connectivity index (χ0n) is 19.4. The Hall–Kier alpha value is -2.79. The van der Waals surface area contributed by atoms with Crippen LogP contribution in [0.5, 0.6) is 0 Å². The quantitative estimate of drug-likeness (QED) is 0.181. The van der Waals surface area contributed by atoms with Crippen molar-refractivity contribution in [1.29, 1.82) is 0 Å². The average Bonchev–Trinajstić information content (AvgIpc) is 3.03. The van der Waals surface area contributed by atoms with E-state index in [1.807, 2.05) is 0 Å². The van der Waals surface area contributed by atoms with E-state index in [4.69, 9.17) is 18.3 Å². The van der Waals surface area contributed by atoms with Crippen LogP contribution >= 0.6 is 7.82 Å². The minimum Gasteiger partial charge on any atom is -0.438 e. The van der Waals surface area contributed by atoms with Gasteiger partial charge in [0.05, 0.1) is 20.8 Å². The molecule has 0 unspecified atom stereocenters. The Morgan fingerprint density at radius 3 is 2.25 bits per heavy atom. The van der Waals surface area contributed by atoms with Gasteiger partial charge in [-0.3, -0.25) is 9.32 Å². The minimum absolute atomic E-state index is 0.0483. The third kappa shape index (κ3) is 6.70. The number of aliphatic hydroxyl groups excluding tert-OH is 1. The third-order valence-corrected chi connectivity index (χ3v) is 6.21. The maximum absolute atomic E-state index is 14.3. The Kier molecular flexibility index (Phi) is 9.78. The van der Waals surface area contributed by atoms with E-state index in [0.717, 1.165) is 32.1 Å². The summed E-state index contributed by atoms with van der Waals surface area (Å²) < 4.78 is 64.8. The number of hydrogen-bond donors (Lipinski definition) is 3. The fourth-order valence-corrected chi connectivity index (χ4v) is 4.03. The number of phosphoric ester groups is 1. The molecule has 4 atom stereocenters. The van der Waals surface area contributed by atoms with Gasteiger partial charge in [0.15, 0.2) is 11.8 Å². The zero-order chi connectivity index (χ0) is 27.1. The molecule has 204 valence electrons. The second-order valence-electron chi connectivity index (χ2n) is 7.37. The lowest BCUT2D eigenvalue weighted by atomic mass is 9.88. The van der Waals surface area contributed by atoms with E-state index in [1.54, 1.807) is 0 Å². The van der Waals surface area contributed by atoms with Gasteiger partial charge in [-0.1, -0.05) is 6.58 Å². The molecule has 2 rings (SSSR count). The summed E-state index contributed by atoms with van der Waals surface area (Å²) in [6, 6.07) is 0. The van der Waals surface area contributed by atoms with Crippen LogP contribution in [0.4, 0.5) is 14.0 Å². The van der Waals surface area contributed by atoms with Crippen molar-refractivity contribution in [2.45, 2.75) is 30.5 Å². The highest BCUT2D eigenvalue weighted by atomic mass is 31.2. The van der Waals surface area contributed by atoms with Crippen molar-refractivity contribution in [2.75, 3.05) is 41.1 Å². The molecule has 36 heavy (non-hydrogen) atoms. The number of ether oxygens (including phenoxy) is 5. The van der Waals surface area contributed by atoms with Gasteiger partial charge in [-0.25, -0.2) is 27.6 Å². The topological polar surface area (TPSA) is 198 Å². The Balaban J connectivity index is 2.21. The molecule has 0 radical (unpaired) electrons. The second-order valence-corrected chi connectivity index (χ2v) is 9.04. The smallest absolute Gasteiger partial charge is 0.438 e. The molecule has 2 aliphatic rings. The van der Waals surface area contributed by atoms with E-state index in [2.05, 4.69) is 30.8 Å². The number of aliphatic hydroxyl groups is 2. The highest BCUT2D eigenvalue weighted by molar-refractivity contribution is 7.48. The first-order chi connectivity index (χ1) is 16.8. The molecule has 2 heterocycles. The summed E-state index contributed by atoms with van der Waals surface area (Å²) in [6.07, 6.45) is -3.67. The van der Waals surface area contributed by atoms with Crippen LogP contribution in [0, 0.1) is 0 Å². The van der Waals surface area contributed by atoms with Crippen molar-refractivity contribution in [3.05, 3.63) is 24.7 Å². The van der Waals surface area contributed by atoms with E-state index in [-0.39, 0.29) is 5.82 Å². The molecular weight excluding hydrogens is 518 g/mol. The first-order valence-electron chi connectivity index (χ1n) is 9.90. The number of nitrogens with one attached hydrogen (secondary N) is 1. The fourth-order valence-electron chi connectivity index (χ4n) is 3.07. The highest BCUT2D eigenvalue weighted by Crippen LogP contribution is 2.52. The number of nitrogens with zero attached hydrogens (tertiary/aromatic N) is 1. The van der Waals surface area contributed by atoms with E-state index in [1.165, 1.54) is 6.20 Å². The summed E-state index contributed by atoms with van der Waals surface area (Å²) in [5.41, 5.74) is -4.53. The number of alkyl halides is 1. The van der Waals surface area contributed by atoms with Crippen molar-refractivity contribution in [3.63, 3.8) is 0 Å². The molecule has 0 saturated carbocycles. The maximum atomic E-state index is 14.3. The summed E-state index contributed by atoms with van der Waals surface area (Å²) in [4.78, 5) is 34.8. The molecule has 18 heteroatoms. The van der Waals surface area contributed by atoms with Crippen molar-refractivity contribution in [1.82, 2.24) is 10.2 Å². The predicted octanol–water partition coefficient (Wildman–Crippen LogP) is 0.218. The van der Waals surface area contributed by atoms with Gasteiger partial charge in [-0.05, 0) is 6.92 Å². The van der Waals surface area contributed by atoms with Crippen LogP contribution in [-0.4, -0.2) is 98.0 Å². The Morgan fingerprint density at radius 1 is 1.22 bits per heavy atom. The largest absolute Gasteiger partial charge is 0.510 e. The lowest BCUT2D eigenvalue weighted by Gasteiger charge is -2.37. The van der Waals surface area contributed by atoms with Crippen LogP contribution in [0.15, 0.2) is 24.7 Å². The fraction of sp³-hybridized carbons (Fsp3) is 0.611. The predicted molar refractivity (Wildman–Crippen MR) is 111 cm³/mol. The number of rotatable bonds is 11. The first kappa shape index (κ1) is 29.4.